The Bertz CT molecular complexity index is 774. The van der Waals surface area contributed by atoms with Gasteiger partial charge in [0.05, 0.1) is 17.9 Å². The highest BCUT2D eigenvalue weighted by Gasteiger charge is 2.44. The molecule has 3 heterocycles. The smallest absolute Gasteiger partial charge is 0.250 e. The first-order valence-corrected chi connectivity index (χ1v) is 9.00. The number of rotatable bonds is 3. The van der Waals surface area contributed by atoms with Crippen molar-refractivity contribution in [3.63, 3.8) is 0 Å². The van der Waals surface area contributed by atoms with E-state index in [1.807, 2.05) is 36.7 Å². The third kappa shape index (κ3) is 2.91. The van der Waals surface area contributed by atoms with Gasteiger partial charge < -0.3 is 15.2 Å². The summed E-state index contributed by atoms with van der Waals surface area (Å²) >= 11 is 0. The van der Waals surface area contributed by atoms with Crippen molar-refractivity contribution >= 4 is 17.3 Å². The minimum Gasteiger partial charge on any atom is -0.369 e. The van der Waals surface area contributed by atoms with Gasteiger partial charge in [0.1, 0.15) is 11.4 Å². The monoisotopic (exact) mass is 339 g/mol. The van der Waals surface area contributed by atoms with Crippen LogP contribution in [0.2, 0.25) is 0 Å². The molecule has 25 heavy (non-hydrogen) atoms. The van der Waals surface area contributed by atoms with Gasteiger partial charge in [0.15, 0.2) is 0 Å². The molecule has 6 nitrogen and oxygen atoms in total. The van der Waals surface area contributed by atoms with Crippen LogP contribution < -0.4 is 10.6 Å². The summed E-state index contributed by atoms with van der Waals surface area (Å²) in [6.07, 6.45) is 5.51. The van der Waals surface area contributed by atoms with E-state index in [-0.39, 0.29) is 5.91 Å². The summed E-state index contributed by atoms with van der Waals surface area (Å²) < 4.78 is 2.21. The second-order valence-corrected chi connectivity index (χ2v) is 7.33. The molecule has 1 aromatic carbocycles. The molecule has 0 bridgehead atoms. The fourth-order valence-corrected chi connectivity index (χ4v) is 3.84. The van der Waals surface area contributed by atoms with Crippen LogP contribution in [0.3, 0.4) is 0 Å². The average Bonchev–Trinajstić information content (AvgIpc) is 3.06. The zero-order valence-electron chi connectivity index (χ0n) is 14.8. The van der Waals surface area contributed by atoms with Crippen molar-refractivity contribution in [2.24, 2.45) is 0 Å². The molecule has 4 rings (SSSR count). The van der Waals surface area contributed by atoms with Crippen molar-refractivity contribution in [1.82, 2.24) is 14.5 Å². The number of fused-ring (bicyclic) bond motifs is 1. The molecule has 0 radical (unpaired) electrons. The zero-order valence-corrected chi connectivity index (χ0v) is 14.8. The first-order valence-electron chi connectivity index (χ1n) is 9.00. The van der Waals surface area contributed by atoms with E-state index in [1.165, 1.54) is 0 Å². The maximum Gasteiger partial charge on any atom is 0.250 e. The zero-order chi connectivity index (χ0) is 17.4. The molecule has 1 saturated heterocycles. The van der Waals surface area contributed by atoms with E-state index in [0.29, 0.717) is 6.04 Å². The van der Waals surface area contributed by atoms with E-state index in [9.17, 15) is 4.79 Å². The number of nitrogens with zero attached hydrogens (tertiary/aromatic N) is 3. The van der Waals surface area contributed by atoms with Crippen LogP contribution in [0.25, 0.3) is 0 Å². The molecular formula is C19H25N5O. The normalized spacial score (nSPS) is 19.6. The molecule has 2 aliphatic heterocycles. The van der Waals surface area contributed by atoms with Gasteiger partial charge in [-0.15, -0.1) is 0 Å². The molecule has 1 aromatic heterocycles. The highest BCUT2D eigenvalue weighted by atomic mass is 16.2. The second kappa shape index (κ2) is 6.19. The van der Waals surface area contributed by atoms with E-state index in [0.717, 1.165) is 49.7 Å². The van der Waals surface area contributed by atoms with Crippen LogP contribution in [-0.2, 0) is 11.3 Å². The topological polar surface area (TPSA) is 62.2 Å². The predicted molar refractivity (Wildman–Crippen MR) is 98.5 cm³/mol. The van der Waals surface area contributed by atoms with Gasteiger partial charge in [0.25, 0.3) is 0 Å². The van der Waals surface area contributed by atoms with Gasteiger partial charge >= 0.3 is 0 Å². The van der Waals surface area contributed by atoms with Crippen molar-refractivity contribution in [1.29, 1.82) is 0 Å². The third-order valence-electron chi connectivity index (χ3n) is 5.36. The second-order valence-electron chi connectivity index (χ2n) is 7.33. The maximum atomic E-state index is 12.7. The molecule has 132 valence electrons. The van der Waals surface area contributed by atoms with Gasteiger partial charge in [0, 0.05) is 31.5 Å². The molecular weight excluding hydrogens is 314 g/mol. The Morgan fingerprint density at radius 2 is 1.92 bits per heavy atom. The molecule has 2 aromatic rings. The maximum absolute atomic E-state index is 12.7. The highest BCUT2D eigenvalue weighted by Crippen LogP contribution is 2.36. The predicted octanol–water partition coefficient (Wildman–Crippen LogP) is 2.86. The summed E-state index contributed by atoms with van der Waals surface area (Å²) in [4.78, 5) is 19.6. The summed E-state index contributed by atoms with van der Waals surface area (Å²) in [6.45, 7) is 6.94. The lowest BCUT2D eigenvalue weighted by Crippen LogP contribution is -2.58. The van der Waals surface area contributed by atoms with Gasteiger partial charge in [-0.25, -0.2) is 4.98 Å². The van der Waals surface area contributed by atoms with E-state index in [4.69, 9.17) is 0 Å². The molecule has 2 N–H and O–H groups in total. The minimum atomic E-state index is -0.488. The number of aromatic nitrogens is 2. The summed E-state index contributed by atoms with van der Waals surface area (Å²) in [7, 11) is 0. The van der Waals surface area contributed by atoms with Crippen LogP contribution in [0.5, 0.6) is 0 Å². The number of hydrogen-bond acceptors (Lipinski definition) is 4. The van der Waals surface area contributed by atoms with E-state index >= 15 is 0 Å². The van der Waals surface area contributed by atoms with Crippen LogP contribution in [0, 0.1) is 0 Å². The number of piperidine rings is 1. The quantitative estimate of drug-likeness (QED) is 0.903. The number of carbonyl (C=O) groups excluding carboxylic acids is 1. The van der Waals surface area contributed by atoms with Crippen molar-refractivity contribution < 1.29 is 4.79 Å². The number of anilines is 2. The molecule has 0 unspecified atom stereocenters. The van der Waals surface area contributed by atoms with Gasteiger partial charge in [-0.2, -0.15) is 0 Å². The molecule has 1 spiro atoms. The van der Waals surface area contributed by atoms with Crippen LogP contribution >= 0.6 is 0 Å². The van der Waals surface area contributed by atoms with Crippen LogP contribution in [0.1, 0.15) is 38.6 Å². The minimum absolute atomic E-state index is 0.0922. The Morgan fingerprint density at radius 3 is 2.64 bits per heavy atom. The van der Waals surface area contributed by atoms with Gasteiger partial charge in [0.2, 0.25) is 5.91 Å². The fraction of sp³-hybridized carbons (Fsp3) is 0.474. The molecule has 6 heteroatoms. The first kappa shape index (κ1) is 16.1. The number of benzene rings is 1. The summed E-state index contributed by atoms with van der Waals surface area (Å²) in [5.74, 6) is 1.19. The van der Waals surface area contributed by atoms with Crippen molar-refractivity contribution in [3.8, 4) is 0 Å². The molecule has 1 amide bonds. The molecule has 0 aliphatic carbocycles. The summed E-state index contributed by atoms with van der Waals surface area (Å²) in [5, 5.41) is 6.58. The van der Waals surface area contributed by atoms with Crippen LogP contribution in [0.15, 0.2) is 36.7 Å². The number of para-hydroxylation sites is 2. The number of likely N-dealkylation sites (tertiary alicyclic amines) is 1. The Labute approximate surface area is 148 Å². The van der Waals surface area contributed by atoms with E-state index in [2.05, 4.69) is 38.9 Å². The highest BCUT2D eigenvalue weighted by molar-refractivity contribution is 6.06. The standard InChI is InChI=1S/C19H25N5O/c1-14(2)24-12-9-20-17(24)13-23-10-7-19(8-11-23)18(25)21-15-5-3-4-6-16(15)22-19/h3-6,9,12,14,22H,7-8,10-11,13H2,1-2H3,(H,21,25). The Hall–Kier alpha value is -2.34. The van der Waals surface area contributed by atoms with Crippen molar-refractivity contribution in [2.75, 3.05) is 23.7 Å². The first-order chi connectivity index (χ1) is 12.1. The molecule has 0 atom stereocenters. The van der Waals surface area contributed by atoms with Gasteiger partial charge in [-0.05, 0) is 38.8 Å². The van der Waals surface area contributed by atoms with Crippen molar-refractivity contribution in [2.45, 2.75) is 44.8 Å². The number of imidazole rings is 1. The van der Waals surface area contributed by atoms with Gasteiger partial charge in [-0.3, -0.25) is 9.69 Å². The average molecular weight is 339 g/mol. The van der Waals surface area contributed by atoms with Gasteiger partial charge in [-0.1, -0.05) is 12.1 Å². The van der Waals surface area contributed by atoms with Crippen molar-refractivity contribution in [3.05, 3.63) is 42.5 Å². The van der Waals surface area contributed by atoms with Crippen LogP contribution in [0.4, 0.5) is 11.4 Å². The number of hydrogen-bond donors (Lipinski definition) is 2. The summed E-state index contributed by atoms with van der Waals surface area (Å²) in [5.41, 5.74) is 1.41. The molecule has 1 fully saturated rings. The third-order valence-corrected chi connectivity index (χ3v) is 5.36. The lowest BCUT2D eigenvalue weighted by Gasteiger charge is -2.44. The fourth-order valence-electron chi connectivity index (χ4n) is 3.84. The SMILES string of the molecule is CC(C)n1ccnc1CN1CCC2(CC1)Nc1ccccc1NC2=O. The molecule has 0 saturated carbocycles. The Morgan fingerprint density at radius 1 is 1.20 bits per heavy atom. The number of amides is 1. The largest absolute Gasteiger partial charge is 0.369 e. The summed E-state index contributed by atoms with van der Waals surface area (Å²) in [6, 6.07) is 8.32. The van der Waals surface area contributed by atoms with E-state index < -0.39 is 5.54 Å². The lowest BCUT2D eigenvalue weighted by molar-refractivity contribution is -0.122. The Balaban J connectivity index is 1.45. The molecule has 2 aliphatic rings. The van der Waals surface area contributed by atoms with E-state index in [1.54, 1.807) is 0 Å². The Kier molecular flexibility index (Phi) is 4.00. The lowest BCUT2D eigenvalue weighted by atomic mass is 9.84. The number of nitrogens with one attached hydrogen (secondary N) is 2. The van der Waals surface area contributed by atoms with Crippen LogP contribution in [-0.4, -0.2) is 39.0 Å². The number of carbonyl (C=O) groups is 1.